The highest BCUT2D eigenvalue weighted by Crippen LogP contribution is 2.14. The lowest BCUT2D eigenvalue weighted by Gasteiger charge is -2.25. The van der Waals surface area contributed by atoms with Crippen LogP contribution in [-0.2, 0) is 13.0 Å². The molecule has 2 aromatic rings. The fourth-order valence-electron chi connectivity index (χ4n) is 3.06. The van der Waals surface area contributed by atoms with Crippen LogP contribution in [-0.4, -0.2) is 29.2 Å². The van der Waals surface area contributed by atoms with Gasteiger partial charge in [-0.3, -0.25) is 4.90 Å². The highest BCUT2D eigenvalue weighted by molar-refractivity contribution is 5.30. The number of nitrogens with zero attached hydrogens (tertiary/aromatic N) is 1. The molecule has 0 aliphatic rings. The summed E-state index contributed by atoms with van der Waals surface area (Å²) in [6.45, 7) is 9.14. The van der Waals surface area contributed by atoms with Crippen LogP contribution in [0.25, 0.3) is 0 Å². The second-order valence-electron chi connectivity index (χ2n) is 6.51. The maximum Gasteiger partial charge on any atom is 0.0707 e. The van der Waals surface area contributed by atoms with Crippen molar-refractivity contribution in [2.75, 3.05) is 13.1 Å². The SMILES string of the molecule is CCCN(Cc1ccc(C)cc1C)C[C@H](O)Cc1ccccc1. The smallest absolute Gasteiger partial charge is 0.0707 e. The molecule has 2 aromatic carbocycles. The van der Waals surface area contributed by atoms with Gasteiger partial charge in [0.15, 0.2) is 0 Å². The topological polar surface area (TPSA) is 23.5 Å². The Balaban J connectivity index is 1.97. The zero-order valence-electron chi connectivity index (χ0n) is 14.6. The van der Waals surface area contributed by atoms with Crippen LogP contribution in [0.2, 0.25) is 0 Å². The van der Waals surface area contributed by atoms with E-state index in [1.807, 2.05) is 18.2 Å². The van der Waals surface area contributed by atoms with Crippen molar-refractivity contribution >= 4 is 0 Å². The van der Waals surface area contributed by atoms with E-state index in [1.54, 1.807) is 0 Å². The summed E-state index contributed by atoms with van der Waals surface area (Å²) in [5.41, 5.74) is 5.19. The highest BCUT2D eigenvalue weighted by Gasteiger charge is 2.13. The number of aliphatic hydroxyl groups excluding tert-OH is 1. The lowest BCUT2D eigenvalue weighted by molar-refractivity contribution is 0.108. The number of hydrogen-bond acceptors (Lipinski definition) is 2. The first-order valence-corrected chi connectivity index (χ1v) is 8.59. The second-order valence-corrected chi connectivity index (χ2v) is 6.51. The van der Waals surface area contributed by atoms with Crippen LogP contribution >= 0.6 is 0 Å². The van der Waals surface area contributed by atoms with Gasteiger partial charge in [-0.05, 0) is 49.9 Å². The van der Waals surface area contributed by atoms with Gasteiger partial charge in [0, 0.05) is 13.1 Å². The zero-order valence-corrected chi connectivity index (χ0v) is 14.6. The van der Waals surface area contributed by atoms with Gasteiger partial charge in [-0.15, -0.1) is 0 Å². The Morgan fingerprint density at radius 2 is 1.78 bits per heavy atom. The number of aliphatic hydroxyl groups is 1. The van der Waals surface area contributed by atoms with E-state index in [0.717, 1.165) is 26.1 Å². The van der Waals surface area contributed by atoms with Crippen LogP contribution < -0.4 is 0 Å². The standard InChI is InChI=1S/C21H29NO/c1-4-12-22(15-20-11-10-17(2)13-18(20)3)16-21(23)14-19-8-6-5-7-9-19/h5-11,13,21,23H,4,12,14-16H2,1-3H3/t21-/m1/s1. The van der Waals surface area contributed by atoms with Gasteiger partial charge in [0.1, 0.15) is 0 Å². The lowest BCUT2D eigenvalue weighted by Crippen LogP contribution is -2.34. The molecule has 0 aliphatic heterocycles. The summed E-state index contributed by atoms with van der Waals surface area (Å²) in [6.07, 6.45) is 1.49. The molecule has 2 heteroatoms. The third kappa shape index (κ3) is 5.81. The molecular weight excluding hydrogens is 282 g/mol. The minimum absolute atomic E-state index is 0.324. The zero-order chi connectivity index (χ0) is 16.7. The summed E-state index contributed by atoms with van der Waals surface area (Å²) < 4.78 is 0. The van der Waals surface area contributed by atoms with Gasteiger partial charge in [0.05, 0.1) is 6.10 Å². The van der Waals surface area contributed by atoms with Gasteiger partial charge < -0.3 is 5.11 Å². The van der Waals surface area contributed by atoms with Crippen LogP contribution in [0.1, 0.15) is 35.6 Å². The first kappa shape index (κ1) is 17.7. The number of aryl methyl sites for hydroxylation is 2. The van der Waals surface area contributed by atoms with Crippen molar-refractivity contribution in [1.29, 1.82) is 0 Å². The lowest BCUT2D eigenvalue weighted by atomic mass is 10.0. The summed E-state index contributed by atoms with van der Waals surface area (Å²) in [5.74, 6) is 0. The number of rotatable bonds is 8. The Morgan fingerprint density at radius 3 is 2.43 bits per heavy atom. The van der Waals surface area contributed by atoms with Crippen molar-refractivity contribution in [2.24, 2.45) is 0 Å². The van der Waals surface area contributed by atoms with E-state index in [9.17, 15) is 5.11 Å². The maximum absolute atomic E-state index is 10.4. The summed E-state index contributed by atoms with van der Waals surface area (Å²) in [5, 5.41) is 10.4. The Bertz CT molecular complexity index is 594. The van der Waals surface area contributed by atoms with Crippen LogP contribution in [0, 0.1) is 13.8 Å². The predicted octanol–water partition coefficient (Wildman–Crippen LogP) is 4.12. The minimum Gasteiger partial charge on any atom is -0.391 e. The molecule has 0 unspecified atom stereocenters. The molecule has 0 saturated heterocycles. The van der Waals surface area contributed by atoms with Gasteiger partial charge in [-0.2, -0.15) is 0 Å². The average Bonchev–Trinajstić information content (AvgIpc) is 2.51. The van der Waals surface area contributed by atoms with Gasteiger partial charge in [0.2, 0.25) is 0 Å². The van der Waals surface area contributed by atoms with Gasteiger partial charge in [-0.1, -0.05) is 61.0 Å². The average molecular weight is 311 g/mol. The third-order valence-electron chi connectivity index (χ3n) is 4.21. The summed E-state index contributed by atoms with van der Waals surface area (Å²) >= 11 is 0. The van der Waals surface area contributed by atoms with Crippen molar-refractivity contribution in [3.8, 4) is 0 Å². The third-order valence-corrected chi connectivity index (χ3v) is 4.21. The van der Waals surface area contributed by atoms with Crippen LogP contribution in [0.4, 0.5) is 0 Å². The summed E-state index contributed by atoms with van der Waals surface area (Å²) in [6, 6.07) is 16.9. The van der Waals surface area contributed by atoms with Crippen LogP contribution in [0.15, 0.2) is 48.5 Å². The van der Waals surface area contributed by atoms with Gasteiger partial charge in [-0.25, -0.2) is 0 Å². The fraction of sp³-hybridized carbons (Fsp3) is 0.429. The number of hydrogen-bond donors (Lipinski definition) is 1. The molecule has 2 rings (SSSR count). The van der Waals surface area contributed by atoms with Crippen molar-refractivity contribution in [2.45, 2.75) is 46.3 Å². The molecule has 0 spiro atoms. The molecular formula is C21H29NO. The van der Waals surface area contributed by atoms with E-state index in [4.69, 9.17) is 0 Å². The largest absolute Gasteiger partial charge is 0.391 e. The van der Waals surface area contributed by atoms with Crippen LogP contribution in [0.3, 0.4) is 0 Å². The van der Waals surface area contributed by atoms with E-state index in [2.05, 4.69) is 56.0 Å². The van der Waals surface area contributed by atoms with Crippen molar-refractivity contribution in [3.05, 3.63) is 70.8 Å². The summed E-state index contributed by atoms with van der Waals surface area (Å²) in [7, 11) is 0. The molecule has 0 heterocycles. The van der Waals surface area contributed by atoms with Crippen LogP contribution in [0.5, 0.6) is 0 Å². The minimum atomic E-state index is -0.324. The monoisotopic (exact) mass is 311 g/mol. The normalized spacial score (nSPS) is 12.6. The molecule has 0 amide bonds. The number of benzene rings is 2. The molecule has 0 fully saturated rings. The molecule has 124 valence electrons. The fourth-order valence-corrected chi connectivity index (χ4v) is 3.06. The molecule has 0 aromatic heterocycles. The van der Waals surface area contributed by atoms with E-state index < -0.39 is 0 Å². The first-order chi connectivity index (χ1) is 11.1. The first-order valence-electron chi connectivity index (χ1n) is 8.59. The molecule has 1 N–H and O–H groups in total. The van der Waals surface area contributed by atoms with Gasteiger partial charge >= 0.3 is 0 Å². The molecule has 0 saturated carbocycles. The molecule has 2 nitrogen and oxygen atoms in total. The molecule has 0 aliphatic carbocycles. The highest BCUT2D eigenvalue weighted by atomic mass is 16.3. The Labute approximate surface area is 140 Å². The van der Waals surface area contributed by atoms with Crippen molar-refractivity contribution < 1.29 is 5.11 Å². The van der Waals surface area contributed by atoms with Gasteiger partial charge in [0.25, 0.3) is 0 Å². The quantitative estimate of drug-likeness (QED) is 0.793. The molecule has 1 atom stereocenters. The Kier molecular flexibility index (Phi) is 6.82. The maximum atomic E-state index is 10.4. The van der Waals surface area contributed by atoms with E-state index in [0.29, 0.717) is 6.42 Å². The van der Waals surface area contributed by atoms with E-state index in [1.165, 1.54) is 22.3 Å². The second kappa shape index (κ2) is 8.85. The molecule has 0 bridgehead atoms. The predicted molar refractivity (Wildman–Crippen MR) is 97.6 cm³/mol. The summed E-state index contributed by atoms with van der Waals surface area (Å²) in [4.78, 5) is 2.37. The Morgan fingerprint density at radius 1 is 1.04 bits per heavy atom. The van der Waals surface area contributed by atoms with E-state index in [-0.39, 0.29) is 6.10 Å². The van der Waals surface area contributed by atoms with Crippen molar-refractivity contribution in [3.63, 3.8) is 0 Å². The Hall–Kier alpha value is -1.64. The molecule has 23 heavy (non-hydrogen) atoms. The van der Waals surface area contributed by atoms with E-state index >= 15 is 0 Å². The van der Waals surface area contributed by atoms with Crippen molar-refractivity contribution in [1.82, 2.24) is 4.90 Å². The molecule has 0 radical (unpaired) electrons.